The highest BCUT2D eigenvalue weighted by Gasteiger charge is 2.09. The van der Waals surface area contributed by atoms with E-state index in [1.54, 1.807) is 6.92 Å². The summed E-state index contributed by atoms with van der Waals surface area (Å²) in [6.07, 6.45) is 2.21. The Morgan fingerprint density at radius 2 is 2.08 bits per heavy atom. The van der Waals surface area contributed by atoms with Crippen molar-refractivity contribution in [2.75, 3.05) is 6.26 Å². The van der Waals surface area contributed by atoms with Gasteiger partial charge in [0.1, 0.15) is 5.75 Å². The molecule has 0 atom stereocenters. The summed E-state index contributed by atoms with van der Waals surface area (Å²) in [5.41, 5.74) is 0.505. The molecule has 4 nitrogen and oxygen atoms in total. The zero-order valence-corrected chi connectivity index (χ0v) is 7.59. The number of hydrogen-bond acceptors (Lipinski definition) is 4. The average molecular weight is 187 g/mol. The van der Waals surface area contributed by atoms with E-state index in [0.717, 1.165) is 12.5 Å². The molecular weight excluding hydrogens is 178 g/mol. The second-order valence-electron chi connectivity index (χ2n) is 2.58. The van der Waals surface area contributed by atoms with Gasteiger partial charge in [-0.05, 0) is 18.6 Å². The van der Waals surface area contributed by atoms with Gasteiger partial charge in [-0.15, -0.1) is 0 Å². The first kappa shape index (κ1) is 8.99. The van der Waals surface area contributed by atoms with Crippen LogP contribution in [-0.4, -0.2) is 24.8 Å². The molecule has 0 spiro atoms. The predicted molar refractivity (Wildman–Crippen MR) is 43.7 cm³/mol. The molecule has 0 unspecified atom stereocenters. The lowest BCUT2D eigenvalue weighted by Gasteiger charge is -2.00. The number of nitrogens with zero attached hydrogens (tertiary/aromatic N) is 1. The first-order valence-electron chi connectivity index (χ1n) is 3.27. The Hall–Kier alpha value is -1.10. The van der Waals surface area contributed by atoms with E-state index in [-0.39, 0.29) is 10.8 Å². The summed E-state index contributed by atoms with van der Waals surface area (Å²) >= 11 is 0. The van der Waals surface area contributed by atoms with Crippen molar-refractivity contribution >= 4 is 9.84 Å². The maximum atomic E-state index is 11.0. The van der Waals surface area contributed by atoms with Crippen LogP contribution in [0.5, 0.6) is 5.75 Å². The largest absolute Gasteiger partial charge is 0.506 e. The predicted octanol–water partition coefficient (Wildman–Crippen LogP) is 0.499. The van der Waals surface area contributed by atoms with Crippen molar-refractivity contribution in [2.24, 2.45) is 0 Å². The number of aryl methyl sites for hydroxylation is 1. The van der Waals surface area contributed by atoms with Crippen LogP contribution < -0.4 is 0 Å². The maximum Gasteiger partial charge on any atom is 0.192 e. The molecule has 0 radical (unpaired) electrons. The Kier molecular flexibility index (Phi) is 2.06. The summed E-state index contributed by atoms with van der Waals surface area (Å²) in [5.74, 6) is 0.00222. The highest BCUT2D eigenvalue weighted by atomic mass is 32.2. The third-order valence-electron chi connectivity index (χ3n) is 1.44. The van der Waals surface area contributed by atoms with Crippen LogP contribution in [0, 0.1) is 6.92 Å². The zero-order chi connectivity index (χ0) is 9.35. The molecule has 0 saturated heterocycles. The van der Waals surface area contributed by atoms with Gasteiger partial charge < -0.3 is 5.11 Å². The quantitative estimate of drug-likeness (QED) is 0.695. The number of hydrogen-bond donors (Lipinski definition) is 1. The van der Waals surface area contributed by atoms with Gasteiger partial charge in [0.15, 0.2) is 14.9 Å². The lowest BCUT2D eigenvalue weighted by atomic mass is 10.3. The van der Waals surface area contributed by atoms with Crippen molar-refractivity contribution in [3.63, 3.8) is 0 Å². The minimum Gasteiger partial charge on any atom is -0.506 e. The van der Waals surface area contributed by atoms with Gasteiger partial charge in [0, 0.05) is 6.26 Å². The summed E-state index contributed by atoms with van der Waals surface area (Å²) in [5, 5.41) is 9.04. The Balaban J connectivity index is 3.33. The van der Waals surface area contributed by atoms with Gasteiger partial charge in [-0.3, -0.25) is 0 Å². The van der Waals surface area contributed by atoms with Crippen molar-refractivity contribution in [3.05, 3.63) is 17.8 Å². The molecule has 5 heteroatoms. The van der Waals surface area contributed by atoms with E-state index in [0.29, 0.717) is 5.56 Å². The van der Waals surface area contributed by atoms with Crippen LogP contribution >= 0.6 is 0 Å². The molecule has 1 N–H and O–H groups in total. The van der Waals surface area contributed by atoms with E-state index in [1.165, 1.54) is 6.07 Å². The van der Waals surface area contributed by atoms with Crippen LogP contribution in [0.15, 0.2) is 17.3 Å². The van der Waals surface area contributed by atoms with Gasteiger partial charge in [-0.1, -0.05) is 0 Å². The molecule has 0 aliphatic heterocycles. The number of sulfone groups is 1. The second kappa shape index (κ2) is 2.75. The molecule has 1 aromatic rings. The SMILES string of the molecule is Cc1cc(S(C)(=O)=O)ncc1O. The molecule has 12 heavy (non-hydrogen) atoms. The fourth-order valence-corrected chi connectivity index (χ4v) is 1.36. The summed E-state index contributed by atoms with van der Waals surface area (Å²) in [6, 6.07) is 1.34. The molecule has 0 saturated carbocycles. The summed E-state index contributed by atoms with van der Waals surface area (Å²) in [4.78, 5) is 3.57. The van der Waals surface area contributed by atoms with Gasteiger partial charge in [0.2, 0.25) is 0 Å². The van der Waals surface area contributed by atoms with Crippen molar-refractivity contribution in [2.45, 2.75) is 11.9 Å². The molecule has 1 rings (SSSR count). The van der Waals surface area contributed by atoms with E-state index in [1.807, 2.05) is 0 Å². The van der Waals surface area contributed by atoms with Gasteiger partial charge in [0.05, 0.1) is 6.20 Å². The third kappa shape index (κ3) is 1.73. The van der Waals surface area contributed by atoms with Crippen molar-refractivity contribution < 1.29 is 13.5 Å². The number of aromatic hydroxyl groups is 1. The number of rotatable bonds is 1. The van der Waals surface area contributed by atoms with E-state index in [4.69, 9.17) is 5.11 Å². The lowest BCUT2D eigenvalue weighted by Crippen LogP contribution is -2.00. The fourth-order valence-electron chi connectivity index (χ4n) is 0.726. The molecule has 66 valence electrons. The van der Waals surface area contributed by atoms with Gasteiger partial charge in [-0.2, -0.15) is 0 Å². The molecular formula is C7H9NO3S. The monoisotopic (exact) mass is 187 g/mol. The van der Waals surface area contributed by atoms with Crippen LogP contribution in [0.25, 0.3) is 0 Å². The van der Waals surface area contributed by atoms with Crippen LogP contribution in [0.3, 0.4) is 0 Å². The summed E-state index contributed by atoms with van der Waals surface area (Å²) in [7, 11) is -3.26. The summed E-state index contributed by atoms with van der Waals surface area (Å²) < 4.78 is 21.9. The van der Waals surface area contributed by atoms with E-state index in [9.17, 15) is 8.42 Å². The molecule has 1 heterocycles. The van der Waals surface area contributed by atoms with Crippen LogP contribution in [0.1, 0.15) is 5.56 Å². The van der Waals surface area contributed by atoms with E-state index >= 15 is 0 Å². The average Bonchev–Trinajstić information content (AvgIpc) is 1.92. The first-order valence-corrected chi connectivity index (χ1v) is 5.16. The Labute approximate surface area is 70.8 Å². The second-order valence-corrected chi connectivity index (χ2v) is 4.54. The van der Waals surface area contributed by atoms with Gasteiger partial charge >= 0.3 is 0 Å². The first-order chi connectivity index (χ1) is 5.41. The minimum atomic E-state index is -3.26. The molecule has 0 aliphatic carbocycles. The highest BCUT2D eigenvalue weighted by molar-refractivity contribution is 7.90. The number of aromatic nitrogens is 1. The molecule has 0 aliphatic rings. The van der Waals surface area contributed by atoms with Crippen LogP contribution in [-0.2, 0) is 9.84 Å². The van der Waals surface area contributed by atoms with Gasteiger partial charge in [-0.25, -0.2) is 13.4 Å². The van der Waals surface area contributed by atoms with Crippen LogP contribution in [0.2, 0.25) is 0 Å². The van der Waals surface area contributed by atoms with Crippen molar-refractivity contribution in [3.8, 4) is 5.75 Å². The molecule has 0 amide bonds. The number of pyridine rings is 1. The fraction of sp³-hybridized carbons (Fsp3) is 0.286. The van der Waals surface area contributed by atoms with Crippen molar-refractivity contribution in [1.29, 1.82) is 0 Å². The molecule has 0 aromatic carbocycles. The topological polar surface area (TPSA) is 67.3 Å². The normalized spacial score (nSPS) is 11.5. The smallest absolute Gasteiger partial charge is 0.192 e. The minimum absolute atomic E-state index is 0.00222. The molecule has 0 bridgehead atoms. The molecule has 0 fully saturated rings. The van der Waals surface area contributed by atoms with Crippen molar-refractivity contribution in [1.82, 2.24) is 4.98 Å². The zero-order valence-electron chi connectivity index (χ0n) is 6.77. The lowest BCUT2D eigenvalue weighted by molar-refractivity contribution is 0.467. The van der Waals surface area contributed by atoms with E-state index in [2.05, 4.69) is 4.98 Å². The summed E-state index contributed by atoms with van der Waals surface area (Å²) in [6.45, 7) is 1.62. The Bertz CT molecular complexity index is 397. The molecule has 1 aromatic heterocycles. The third-order valence-corrected chi connectivity index (χ3v) is 2.42. The standard InChI is InChI=1S/C7H9NO3S/c1-5-3-7(12(2,10)11)8-4-6(5)9/h3-4,9H,1-2H3. The van der Waals surface area contributed by atoms with Gasteiger partial charge in [0.25, 0.3) is 0 Å². The van der Waals surface area contributed by atoms with Crippen LogP contribution in [0.4, 0.5) is 0 Å². The maximum absolute atomic E-state index is 11.0. The Morgan fingerprint density at radius 3 is 2.50 bits per heavy atom. The Morgan fingerprint density at radius 1 is 1.50 bits per heavy atom. The van der Waals surface area contributed by atoms with E-state index < -0.39 is 9.84 Å². The highest BCUT2D eigenvalue weighted by Crippen LogP contribution is 2.16.